The number of hydrogen-bond acceptors (Lipinski definition) is 6. The molecule has 0 aromatic heterocycles. The molecule has 2 atom stereocenters. The number of hydrogen-bond donors (Lipinski definition) is 3. The van der Waals surface area contributed by atoms with Crippen molar-refractivity contribution in [3.05, 3.63) is 11.3 Å². The summed E-state index contributed by atoms with van der Waals surface area (Å²) in [6, 6.07) is 0. The SMILES string of the molecule is NOC1=C(C2C(ON)C2ON)CC1. The van der Waals surface area contributed by atoms with Crippen molar-refractivity contribution < 1.29 is 14.5 Å². The first-order chi connectivity index (χ1) is 6.33. The number of allylic oxidation sites excluding steroid dienone is 1. The Morgan fingerprint density at radius 3 is 1.92 bits per heavy atom. The van der Waals surface area contributed by atoms with Crippen LogP contribution in [0.25, 0.3) is 0 Å². The lowest BCUT2D eigenvalue weighted by molar-refractivity contribution is 0.0429. The van der Waals surface area contributed by atoms with Crippen LogP contribution >= 0.6 is 0 Å². The van der Waals surface area contributed by atoms with E-state index in [9.17, 15) is 0 Å². The van der Waals surface area contributed by atoms with Gasteiger partial charge in [-0.15, -0.1) is 0 Å². The van der Waals surface area contributed by atoms with Gasteiger partial charge in [-0.05, 0) is 12.0 Å². The Morgan fingerprint density at radius 2 is 1.62 bits per heavy atom. The molecule has 1 saturated carbocycles. The molecule has 6 N–H and O–H groups in total. The van der Waals surface area contributed by atoms with Crippen molar-refractivity contribution in [1.82, 2.24) is 0 Å². The van der Waals surface area contributed by atoms with Gasteiger partial charge < -0.3 is 4.84 Å². The maximum Gasteiger partial charge on any atom is 0.123 e. The molecule has 0 spiro atoms. The van der Waals surface area contributed by atoms with Crippen molar-refractivity contribution in [2.45, 2.75) is 25.0 Å². The molecule has 0 amide bonds. The summed E-state index contributed by atoms with van der Waals surface area (Å²) in [5, 5.41) is 0. The Kier molecular flexibility index (Phi) is 2.22. The van der Waals surface area contributed by atoms with Gasteiger partial charge in [0.1, 0.15) is 18.0 Å². The van der Waals surface area contributed by atoms with E-state index in [1.807, 2.05) is 0 Å². The van der Waals surface area contributed by atoms with Gasteiger partial charge in [0.25, 0.3) is 0 Å². The summed E-state index contributed by atoms with van der Waals surface area (Å²) in [7, 11) is 0. The fourth-order valence-corrected chi connectivity index (χ4v) is 1.84. The predicted octanol–water partition coefficient (Wildman–Crippen LogP) is -0.928. The predicted molar refractivity (Wildman–Crippen MR) is 43.1 cm³/mol. The molecule has 6 heteroatoms. The minimum Gasteiger partial charge on any atom is -0.416 e. The highest BCUT2D eigenvalue weighted by atomic mass is 16.7. The second-order valence-corrected chi connectivity index (χ2v) is 3.29. The van der Waals surface area contributed by atoms with Crippen molar-refractivity contribution >= 4 is 0 Å². The molecule has 13 heavy (non-hydrogen) atoms. The molecule has 2 aliphatic carbocycles. The second kappa shape index (κ2) is 3.24. The largest absolute Gasteiger partial charge is 0.416 e. The van der Waals surface area contributed by atoms with E-state index in [0.29, 0.717) is 0 Å². The third kappa shape index (κ3) is 1.23. The summed E-state index contributed by atoms with van der Waals surface area (Å²) in [6.07, 6.45) is 1.53. The first kappa shape index (κ1) is 8.92. The number of rotatable bonds is 4. The molecule has 2 rings (SSSR count). The lowest BCUT2D eigenvalue weighted by atomic mass is 9.92. The average Bonchev–Trinajstić information content (AvgIpc) is 2.77. The molecule has 0 radical (unpaired) electrons. The van der Waals surface area contributed by atoms with Crippen molar-refractivity contribution in [3.63, 3.8) is 0 Å². The van der Waals surface area contributed by atoms with E-state index < -0.39 is 0 Å². The van der Waals surface area contributed by atoms with Crippen molar-refractivity contribution in [2.75, 3.05) is 0 Å². The molecule has 2 unspecified atom stereocenters. The van der Waals surface area contributed by atoms with E-state index in [0.717, 1.165) is 24.2 Å². The third-order valence-corrected chi connectivity index (χ3v) is 2.73. The summed E-state index contributed by atoms with van der Waals surface area (Å²) in [5.74, 6) is 16.1. The Labute approximate surface area is 75.5 Å². The zero-order valence-corrected chi connectivity index (χ0v) is 7.10. The van der Waals surface area contributed by atoms with Crippen LogP contribution in [0.4, 0.5) is 0 Å². The summed E-state index contributed by atoms with van der Waals surface area (Å²) >= 11 is 0. The van der Waals surface area contributed by atoms with Crippen LogP contribution in [0.5, 0.6) is 0 Å². The molecule has 74 valence electrons. The van der Waals surface area contributed by atoms with Crippen LogP contribution in [0.3, 0.4) is 0 Å². The summed E-state index contributed by atoms with van der Waals surface area (Å²) in [6.45, 7) is 0. The topological polar surface area (TPSA) is 106 Å². The lowest BCUT2D eigenvalue weighted by Gasteiger charge is -2.21. The quantitative estimate of drug-likeness (QED) is 0.491. The van der Waals surface area contributed by atoms with Crippen molar-refractivity contribution in [2.24, 2.45) is 23.6 Å². The van der Waals surface area contributed by atoms with Crippen LogP contribution in [0.1, 0.15) is 12.8 Å². The van der Waals surface area contributed by atoms with Gasteiger partial charge in [-0.3, -0.25) is 9.68 Å². The normalized spacial score (nSPS) is 37.3. The fraction of sp³-hybridized carbons (Fsp3) is 0.714. The van der Waals surface area contributed by atoms with Crippen molar-refractivity contribution in [1.29, 1.82) is 0 Å². The van der Waals surface area contributed by atoms with Crippen LogP contribution in [-0.4, -0.2) is 12.2 Å². The fourth-order valence-electron chi connectivity index (χ4n) is 1.84. The van der Waals surface area contributed by atoms with Crippen LogP contribution < -0.4 is 17.7 Å². The Balaban J connectivity index is 2.03. The monoisotopic (exact) mass is 187 g/mol. The molecule has 2 aliphatic rings. The van der Waals surface area contributed by atoms with E-state index in [4.69, 9.17) is 27.4 Å². The van der Waals surface area contributed by atoms with Gasteiger partial charge in [-0.2, -0.15) is 5.90 Å². The maximum atomic E-state index is 5.06. The van der Waals surface area contributed by atoms with E-state index in [2.05, 4.69) is 4.84 Å². The molecular formula is C7H13N3O3. The van der Waals surface area contributed by atoms with E-state index in [1.54, 1.807) is 0 Å². The first-order valence-corrected chi connectivity index (χ1v) is 4.13. The maximum absolute atomic E-state index is 5.06. The van der Waals surface area contributed by atoms with Gasteiger partial charge in [0.05, 0.1) is 0 Å². The standard InChI is InChI=1S/C7H13N3O3/c8-11-4-2-1-3(4)5-6(12-9)7(5)13-10/h5-7H,1-2,8-10H2. The molecule has 0 aliphatic heterocycles. The highest BCUT2D eigenvalue weighted by Crippen LogP contribution is 2.48. The summed E-state index contributed by atoms with van der Waals surface area (Å²) in [4.78, 5) is 14.1. The van der Waals surface area contributed by atoms with E-state index in [1.165, 1.54) is 0 Å². The smallest absolute Gasteiger partial charge is 0.123 e. The minimum atomic E-state index is -0.148. The third-order valence-electron chi connectivity index (χ3n) is 2.73. The highest BCUT2D eigenvalue weighted by Gasteiger charge is 2.57. The van der Waals surface area contributed by atoms with Gasteiger partial charge >= 0.3 is 0 Å². The zero-order valence-electron chi connectivity index (χ0n) is 7.10. The Hall–Kier alpha value is -0.660. The summed E-state index contributed by atoms with van der Waals surface area (Å²) in [5.41, 5.74) is 1.12. The average molecular weight is 187 g/mol. The molecule has 0 bridgehead atoms. The molecule has 6 nitrogen and oxygen atoms in total. The molecular weight excluding hydrogens is 174 g/mol. The highest BCUT2D eigenvalue weighted by molar-refractivity contribution is 5.31. The van der Waals surface area contributed by atoms with Crippen molar-refractivity contribution in [3.8, 4) is 0 Å². The number of nitrogens with two attached hydrogens (primary N) is 3. The lowest BCUT2D eigenvalue weighted by Crippen LogP contribution is -2.15. The molecule has 0 aromatic carbocycles. The Bertz CT molecular complexity index is 233. The van der Waals surface area contributed by atoms with Gasteiger partial charge in [0.15, 0.2) is 0 Å². The van der Waals surface area contributed by atoms with Gasteiger partial charge in [-0.1, -0.05) is 0 Å². The molecule has 1 fully saturated rings. The van der Waals surface area contributed by atoms with Gasteiger partial charge in [0.2, 0.25) is 0 Å². The second-order valence-electron chi connectivity index (χ2n) is 3.29. The minimum absolute atomic E-state index is 0.127. The van der Waals surface area contributed by atoms with Gasteiger partial charge in [0, 0.05) is 12.3 Å². The van der Waals surface area contributed by atoms with Crippen LogP contribution in [0.2, 0.25) is 0 Å². The summed E-state index contributed by atoms with van der Waals surface area (Å²) < 4.78 is 0. The zero-order chi connectivity index (χ0) is 9.42. The Morgan fingerprint density at radius 1 is 1.00 bits per heavy atom. The van der Waals surface area contributed by atoms with Crippen LogP contribution in [0.15, 0.2) is 11.3 Å². The first-order valence-electron chi connectivity index (χ1n) is 4.13. The molecule has 0 saturated heterocycles. The van der Waals surface area contributed by atoms with Crippen LogP contribution in [-0.2, 0) is 14.5 Å². The van der Waals surface area contributed by atoms with E-state index in [-0.39, 0.29) is 18.1 Å². The molecule has 0 heterocycles. The van der Waals surface area contributed by atoms with E-state index >= 15 is 0 Å². The van der Waals surface area contributed by atoms with Gasteiger partial charge in [-0.25, -0.2) is 11.8 Å². The van der Waals surface area contributed by atoms with Crippen LogP contribution in [0, 0.1) is 5.92 Å². The molecule has 0 aromatic rings.